The van der Waals surface area contributed by atoms with Gasteiger partial charge in [0, 0.05) is 32.3 Å². The second kappa shape index (κ2) is 7.53. The van der Waals surface area contributed by atoms with Gasteiger partial charge in [0.1, 0.15) is 17.3 Å². The lowest BCUT2D eigenvalue weighted by molar-refractivity contribution is 0.385. The van der Waals surface area contributed by atoms with Crippen LogP contribution in [0.5, 0.6) is 0 Å². The second-order valence-electron chi connectivity index (χ2n) is 7.10. The molecule has 0 atom stereocenters. The van der Waals surface area contributed by atoms with Crippen molar-refractivity contribution in [1.82, 2.24) is 14.8 Å². The lowest BCUT2D eigenvalue weighted by atomic mass is 9.90. The zero-order valence-corrected chi connectivity index (χ0v) is 15.4. The van der Waals surface area contributed by atoms with Gasteiger partial charge in [-0.3, -0.25) is 4.79 Å². The summed E-state index contributed by atoms with van der Waals surface area (Å²) in [5, 5.41) is 4.17. The van der Waals surface area contributed by atoms with E-state index in [-0.39, 0.29) is 5.56 Å². The number of aromatic nitrogens is 3. The molecule has 0 unspecified atom stereocenters. The molecule has 0 radical (unpaired) electrons. The maximum Gasteiger partial charge on any atom is 0.297 e. The SMILES string of the molecule is Cn1nc(-c2cnc(N3CCC(Cc4cc(F)cc(F)c4)CC3)o2)ccc1=O. The monoisotopic (exact) mass is 386 g/mol. The molecule has 0 saturated carbocycles. The van der Waals surface area contributed by atoms with Crippen LogP contribution in [0.15, 0.2) is 45.7 Å². The molecule has 2 aromatic heterocycles. The molecule has 3 heterocycles. The van der Waals surface area contributed by atoms with E-state index in [2.05, 4.69) is 10.1 Å². The normalized spacial score (nSPS) is 15.2. The molecule has 8 heteroatoms. The number of oxazole rings is 1. The van der Waals surface area contributed by atoms with Crippen LogP contribution < -0.4 is 10.5 Å². The summed E-state index contributed by atoms with van der Waals surface area (Å²) < 4.78 is 33.8. The van der Waals surface area contributed by atoms with Crippen LogP contribution in [0.2, 0.25) is 0 Å². The van der Waals surface area contributed by atoms with Gasteiger partial charge >= 0.3 is 0 Å². The first kappa shape index (κ1) is 18.3. The van der Waals surface area contributed by atoms with Crippen molar-refractivity contribution in [3.05, 3.63) is 64.1 Å². The maximum atomic E-state index is 13.4. The average Bonchev–Trinajstić information content (AvgIpc) is 3.14. The number of hydrogen-bond donors (Lipinski definition) is 0. The number of halogens is 2. The van der Waals surface area contributed by atoms with Crippen molar-refractivity contribution in [1.29, 1.82) is 0 Å². The third-order valence-corrected chi connectivity index (χ3v) is 5.04. The Bertz CT molecular complexity index is 1020. The van der Waals surface area contributed by atoms with Gasteiger partial charge in [0.15, 0.2) is 5.76 Å². The fourth-order valence-electron chi connectivity index (χ4n) is 3.55. The number of benzene rings is 1. The summed E-state index contributed by atoms with van der Waals surface area (Å²) in [7, 11) is 1.58. The number of nitrogens with zero attached hydrogens (tertiary/aromatic N) is 4. The first-order chi connectivity index (χ1) is 13.5. The highest BCUT2D eigenvalue weighted by molar-refractivity contribution is 5.51. The Morgan fingerprint density at radius 2 is 1.86 bits per heavy atom. The molecule has 0 amide bonds. The summed E-state index contributed by atoms with van der Waals surface area (Å²) in [5.74, 6) is -0.210. The van der Waals surface area contributed by atoms with E-state index in [1.807, 2.05) is 4.90 Å². The smallest absolute Gasteiger partial charge is 0.297 e. The van der Waals surface area contributed by atoms with Gasteiger partial charge in [0.25, 0.3) is 11.6 Å². The molecule has 0 bridgehead atoms. The molecule has 6 nitrogen and oxygen atoms in total. The number of hydrogen-bond acceptors (Lipinski definition) is 5. The van der Waals surface area contributed by atoms with Gasteiger partial charge in [0.05, 0.1) is 6.20 Å². The Labute approximate surface area is 160 Å². The van der Waals surface area contributed by atoms with Gasteiger partial charge in [-0.05, 0) is 48.9 Å². The quantitative estimate of drug-likeness (QED) is 0.689. The number of aryl methyl sites for hydroxylation is 1. The summed E-state index contributed by atoms with van der Waals surface area (Å²) in [6, 6.07) is 7.25. The minimum Gasteiger partial charge on any atom is -0.422 e. The third-order valence-electron chi connectivity index (χ3n) is 5.04. The molecule has 146 valence electrons. The van der Waals surface area contributed by atoms with Crippen molar-refractivity contribution in [2.45, 2.75) is 19.3 Å². The molecule has 4 rings (SSSR count). The third kappa shape index (κ3) is 3.95. The highest BCUT2D eigenvalue weighted by Gasteiger charge is 2.23. The van der Waals surface area contributed by atoms with Crippen LogP contribution in [0.3, 0.4) is 0 Å². The second-order valence-corrected chi connectivity index (χ2v) is 7.10. The van der Waals surface area contributed by atoms with Crippen molar-refractivity contribution >= 4 is 6.01 Å². The van der Waals surface area contributed by atoms with Crippen LogP contribution in [0.1, 0.15) is 18.4 Å². The molecule has 28 heavy (non-hydrogen) atoms. The van der Waals surface area contributed by atoms with Crippen molar-refractivity contribution in [3.8, 4) is 11.5 Å². The Morgan fingerprint density at radius 3 is 2.54 bits per heavy atom. The van der Waals surface area contributed by atoms with E-state index in [0.29, 0.717) is 35.4 Å². The summed E-state index contributed by atoms with van der Waals surface area (Å²) >= 11 is 0. The van der Waals surface area contributed by atoms with Gasteiger partial charge in [0.2, 0.25) is 0 Å². The van der Waals surface area contributed by atoms with Crippen molar-refractivity contribution in [2.24, 2.45) is 13.0 Å². The predicted molar refractivity (Wildman–Crippen MR) is 100.0 cm³/mol. The van der Waals surface area contributed by atoms with Gasteiger partial charge in [-0.2, -0.15) is 5.10 Å². The summed E-state index contributed by atoms with van der Waals surface area (Å²) in [4.78, 5) is 17.8. The van der Waals surface area contributed by atoms with E-state index in [4.69, 9.17) is 4.42 Å². The predicted octanol–water partition coefficient (Wildman–Crippen LogP) is 3.17. The summed E-state index contributed by atoms with van der Waals surface area (Å²) in [6.07, 6.45) is 4.02. The lowest BCUT2D eigenvalue weighted by Gasteiger charge is -2.31. The highest BCUT2D eigenvalue weighted by Crippen LogP contribution is 2.28. The average molecular weight is 386 g/mol. The molecule has 3 aromatic rings. The minimum absolute atomic E-state index is 0.191. The molecule has 1 aliphatic rings. The fraction of sp³-hybridized carbons (Fsp3) is 0.350. The van der Waals surface area contributed by atoms with Crippen LogP contribution in [0, 0.1) is 17.6 Å². The number of anilines is 1. The van der Waals surface area contributed by atoms with Gasteiger partial charge in [-0.15, -0.1) is 0 Å². The van der Waals surface area contributed by atoms with Crippen molar-refractivity contribution in [3.63, 3.8) is 0 Å². The first-order valence-corrected chi connectivity index (χ1v) is 9.18. The van der Waals surface area contributed by atoms with Crippen molar-refractivity contribution < 1.29 is 13.2 Å². The van der Waals surface area contributed by atoms with Crippen LogP contribution >= 0.6 is 0 Å². The van der Waals surface area contributed by atoms with Gasteiger partial charge in [-0.25, -0.2) is 18.4 Å². The first-order valence-electron chi connectivity index (χ1n) is 9.18. The summed E-state index contributed by atoms with van der Waals surface area (Å²) in [5.41, 5.74) is 1.04. The molecule has 1 aromatic carbocycles. The molecule has 1 fully saturated rings. The van der Waals surface area contributed by atoms with Crippen LogP contribution in [-0.2, 0) is 13.5 Å². The summed E-state index contributed by atoms with van der Waals surface area (Å²) in [6.45, 7) is 1.51. The number of piperidine rings is 1. The van der Waals surface area contributed by atoms with E-state index >= 15 is 0 Å². The zero-order valence-electron chi connectivity index (χ0n) is 15.4. The molecular weight excluding hydrogens is 366 g/mol. The Morgan fingerprint density at radius 1 is 1.14 bits per heavy atom. The van der Waals surface area contributed by atoms with E-state index < -0.39 is 11.6 Å². The van der Waals surface area contributed by atoms with Gasteiger partial charge < -0.3 is 9.32 Å². The molecule has 1 saturated heterocycles. The zero-order chi connectivity index (χ0) is 19.7. The molecule has 0 spiro atoms. The van der Waals surface area contributed by atoms with Gasteiger partial charge in [-0.1, -0.05) is 0 Å². The maximum absolute atomic E-state index is 13.4. The lowest BCUT2D eigenvalue weighted by Crippen LogP contribution is -2.34. The molecule has 1 aliphatic heterocycles. The van der Waals surface area contributed by atoms with Crippen LogP contribution in [0.25, 0.3) is 11.5 Å². The van der Waals surface area contributed by atoms with Crippen LogP contribution in [0.4, 0.5) is 14.8 Å². The standard InChI is InChI=1S/C20H20F2N4O2/c1-25-19(27)3-2-17(24-25)18-12-23-20(28-18)26-6-4-13(5-7-26)8-14-9-15(21)11-16(22)10-14/h2-3,9-13H,4-8H2,1H3. The Kier molecular flexibility index (Phi) is 4.93. The molecule has 0 N–H and O–H groups in total. The fourth-order valence-corrected chi connectivity index (χ4v) is 3.55. The van der Waals surface area contributed by atoms with E-state index in [1.54, 1.807) is 19.3 Å². The highest BCUT2D eigenvalue weighted by atomic mass is 19.1. The van der Waals surface area contributed by atoms with Crippen LogP contribution in [-0.4, -0.2) is 27.9 Å². The topological polar surface area (TPSA) is 64.2 Å². The number of rotatable bonds is 4. The Hall–Kier alpha value is -3.03. The largest absolute Gasteiger partial charge is 0.422 e. The van der Waals surface area contributed by atoms with E-state index in [9.17, 15) is 13.6 Å². The Balaban J connectivity index is 1.39. The van der Waals surface area contributed by atoms with Crippen molar-refractivity contribution in [2.75, 3.05) is 18.0 Å². The minimum atomic E-state index is -0.535. The van der Waals surface area contributed by atoms with E-state index in [0.717, 1.165) is 32.0 Å². The molecular formula is C20H20F2N4O2. The van der Waals surface area contributed by atoms with E-state index in [1.165, 1.54) is 22.9 Å². The molecule has 0 aliphatic carbocycles.